The number of nitrogen functional groups attached to an aromatic ring is 1. The van der Waals surface area contributed by atoms with Crippen LogP contribution < -0.4 is 16.4 Å². The molecular formula is C46H41N7O8. The minimum atomic E-state index is -0.701. The molecule has 0 atom stereocenters. The Hall–Kier alpha value is -8.38. The molecule has 0 aliphatic heterocycles. The number of aromatic hydroxyl groups is 2. The number of ether oxygens (including phenoxy) is 2. The number of carbonyl (C=O) groups excluding carboxylic acids is 4. The van der Waals surface area contributed by atoms with Crippen molar-refractivity contribution in [1.29, 1.82) is 10.7 Å². The Labute approximate surface area is 351 Å². The van der Waals surface area contributed by atoms with Crippen LogP contribution in [0.25, 0.3) is 22.3 Å². The summed E-state index contributed by atoms with van der Waals surface area (Å²) in [6, 6.07) is 30.5. The molecule has 0 radical (unpaired) electrons. The summed E-state index contributed by atoms with van der Waals surface area (Å²) in [7, 11) is 2.43. The first-order valence-electron chi connectivity index (χ1n) is 18.5. The Morgan fingerprint density at radius 1 is 0.623 bits per heavy atom. The Bertz CT molecular complexity index is 2640. The average Bonchev–Trinajstić information content (AvgIpc) is 3.29. The molecule has 4 aromatic carbocycles. The molecular weight excluding hydrogens is 779 g/mol. The van der Waals surface area contributed by atoms with E-state index in [1.807, 2.05) is 48.5 Å². The summed E-state index contributed by atoms with van der Waals surface area (Å²) in [6.07, 6.45) is 2.85. The molecule has 0 spiro atoms. The van der Waals surface area contributed by atoms with E-state index in [1.54, 1.807) is 62.4 Å². The predicted molar refractivity (Wildman–Crippen MR) is 226 cm³/mol. The normalized spacial score (nSPS) is 10.3. The van der Waals surface area contributed by atoms with Gasteiger partial charge in [-0.25, -0.2) is 9.59 Å². The monoisotopic (exact) mass is 819 g/mol. The highest BCUT2D eigenvalue weighted by atomic mass is 16.5. The molecule has 0 fully saturated rings. The van der Waals surface area contributed by atoms with Gasteiger partial charge in [0.05, 0.1) is 37.2 Å². The minimum absolute atomic E-state index is 0.00147. The summed E-state index contributed by atoms with van der Waals surface area (Å²) >= 11 is 0. The van der Waals surface area contributed by atoms with Crippen molar-refractivity contribution < 1.29 is 38.9 Å². The molecule has 61 heavy (non-hydrogen) atoms. The third kappa shape index (κ3) is 10.6. The predicted octanol–water partition coefficient (Wildman–Crippen LogP) is 6.11. The number of esters is 2. The number of methoxy groups -OCH3 is 2. The lowest BCUT2D eigenvalue weighted by Gasteiger charge is -2.12. The van der Waals surface area contributed by atoms with E-state index in [9.17, 15) is 29.4 Å². The molecule has 0 saturated carbocycles. The fraction of sp³-hybridized carbons (Fsp3) is 0.130. The van der Waals surface area contributed by atoms with E-state index in [0.29, 0.717) is 44.8 Å². The summed E-state index contributed by atoms with van der Waals surface area (Å²) in [5.41, 5.74) is 12.5. The van der Waals surface area contributed by atoms with Gasteiger partial charge in [0.15, 0.2) is 11.5 Å². The van der Waals surface area contributed by atoms with Crippen LogP contribution in [0, 0.1) is 30.6 Å². The number of hydrogen-bond donors (Lipinski definition) is 6. The zero-order valence-corrected chi connectivity index (χ0v) is 33.6. The number of amidine groups is 1. The summed E-state index contributed by atoms with van der Waals surface area (Å²) in [5, 5.41) is 42.1. The van der Waals surface area contributed by atoms with Gasteiger partial charge < -0.3 is 36.1 Å². The maximum absolute atomic E-state index is 12.5. The second-order valence-electron chi connectivity index (χ2n) is 13.4. The number of aryl methyl sites for hydroxylation is 2. The van der Waals surface area contributed by atoms with E-state index >= 15 is 0 Å². The van der Waals surface area contributed by atoms with Crippen LogP contribution in [0.15, 0.2) is 109 Å². The molecule has 0 bridgehead atoms. The third-order valence-corrected chi connectivity index (χ3v) is 9.46. The first-order valence-corrected chi connectivity index (χ1v) is 18.5. The van der Waals surface area contributed by atoms with Gasteiger partial charge in [0.1, 0.15) is 17.0 Å². The van der Waals surface area contributed by atoms with Gasteiger partial charge in [0.25, 0.3) is 11.8 Å². The van der Waals surface area contributed by atoms with Crippen molar-refractivity contribution in [3.8, 4) is 39.8 Å². The molecule has 6 rings (SSSR count). The van der Waals surface area contributed by atoms with Gasteiger partial charge in [-0.2, -0.15) is 5.26 Å². The van der Waals surface area contributed by atoms with Crippen LogP contribution in [-0.2, 0) is 22.6 Å². The zero-order valence-electron chi connectivity index (χ0n) is 33.6. The lowest BCUT2D eigenvalue weighted by Crippen LogP contribution is -2.24. The highest BCUT2D eigenvalue weighted by molar-refractivity contribution is 5.98. The van der Waals surface area contributed by atoms with E-state index in [1.165, 1.54) is 26.6 Å². The molecule has 0 aliphatic rings. The smallest absolute Gasteiger partial charge is 0.342 e. The Kier molecular flexibility index (Phi) is 14.2. The lowest BCUT2D eigenvalue weighted by molar-refractivity contribution is 0.0586. The fourth-order valence-corrected chi connectivity index (χ4v) is 5.96. The molecule has 15 heteroatoms. The SMILES string of the molecule is COC(=O)c1c(CNC(=O)c2ccc(-c3ccc(C#N)cc3)cc2)cnc(C)c1O.COC(=O)c1c(CNC(=O)c2ccc(-c3ccc(C(=N)N)cc3)cc2)cnc(C)c1O. The maximum atomic E-state index is 12.5. The molecule has 15 nitrogen and oxygen atoms in total. The molecule has 7 N–H and O–H groups in total. The number of rotatable bonds is 11. The number of amides is 2. The number of carbonyl (C=O) groups is 4. The van der Waals surface area contributed by atoms with E-state index in [4.69, 9.17) is 25.9 Å². The summed E-state index contributed by atoms with van der Waals surface area (Å²) < 4.78 is 9.44. The van der Waals surface area contributed by atoms with Crippen LogP contribution in [0.2, 0.25) is 0 Å². The summed E-state index contributed by atoms with van der Waals surface area (Å²) in [5.74, 6) is -2.60. The lowest BCUT2D eigenvalue weighted by atomic mass is 10.0. The topological polar surface area (TPSA) is 251 Å². The van der Waals surface area contributed by atoms with Gasteiger partial charge in [0, 0.05) is 53.3 Å². The largest absolute Gasteiger partial charge is 0.505 e. The Morgan fingerprint density at radius 3 is 1.26 bits per heavy atom. The number of nitrogens with zero attached hydrogens (tertiary/aromatic N) is 3. The number of pyridine rings is 2. The van der Waals surface area contributed by atoms with Gasteiger partial charge in [0.2, 0.25) is 0 Å². The van der Waals surface area contributed by atoms with Gasteiger partial charge in [-0.1, -0.05) is 60.7 Å². The first kappa shape index (κ1) is 43.7. The quantitative estimate of drug-likeness (QED) is 0.0492. The maximum Gasteiger partial charge on any atom is 0.342 e. The van der Waals surface area contributed by atoms with Crippen molar-refractivity contribution in [2.45, 2.75) is 26.9 Å². The highest BCUT2D eigenvalue weighted by Gasteiger charge is 2.22. The molecule has 0 aliphatic carbocycles. The highest BCUT2D eigenvalue weighted by Crippen LogP contribution is 2.27. The Balaban J connectivity index is 0.000000231. The molecule has 2 aromatic heterocycles. The van der Waals surface area contributed by atoms with E-state index in [2.05, 4.69) is 26.7 Å². The second-order valence-corrected chi connectivity index (χ2v) is 13.4. The van der Waals surface area contributed by atoms with Crippen LogP contribution >= 0.6 is 0 Å². The van der Waals surface area contributed by atoms with Crippen molar-refractivity contribution in [2.75, 3.05) is 14.2 Å². The van der Waals surface area contributed by atoms with Gasteiger partial charge in [-0.3, -0.25) is 25.0 Å². The molecule has 2 heterocycles. The van der Waals surface area contributed by atoms with Crippen LogP contribution in [-0.4, -0.2) is 64.0 Å². The molecule has 0 saturated heterocycles. The number of benzene rings is 4. The van der Waals surface area contributed by atoms with Crippen LogP contribution in [0.5, 0.6) is 11.5 Å². The van der Waals surface area contributed by atoms with Crippen molar-refractivity contribution in [2.24, 2.45) is 5.73 Å². The van der Waals surface area contributed by atoms with Crippen molar-refractivity contribution in [3.63, 3.8) is 0 Å². The third-order valence-electron chi connectivity index (χ3n) is 9.46. The number of nitrogens with two attached hydrogens (primary N) is 1. The van der Waals surface area contributed by atoms with Crippen LogP contribution in [0.1, 0.15) is 75.1 Å². The van der Waals surface area contributed by atoms with Crippen LogP contribution in [0.3, 0.4) is 0 Å². The van der Waals surface area contributed by atoms with Crippen molar-refractivity contribution >= 4 is 29.6 Å². The zero-order chi connectivity index (χ0) is 44.2. The Morgan fingerprint density at radius 2 is 0.951 bits per heavy atom. The average molecular weight is 820 g/mol. The second kappa shape index (κ2) is 19.9. The van der Waals surface area contributed by atoms with Gasteiger partial charge >= 0.3 is 11.9 Å². The number of aromatic nitrogens is 2. The van der Waals surface area contributed by atoms with Crippen molar-refractivity contribution in [1.82, 2.24) is 20.6 Å². The molecule has 0 unspecified atom stereocenters. The van der Waals surface area contributed by atoms with Gasteiger partial charge in [-0.05, 0) is 72.5 Å². The summed E-state index contributed by atoms with van der Waals surface area (Å²) in [6.45, 7) is 3.14. The minimum Gasteiger partial charge on any atom is -0.505 e. The standard InChI is InChI=1S/C23H22N4O4.C23H19N3O4/c1-13-20(28)19(23(30)31-2)18(11-26-13)12-27-22(29)17-9-5-15(6-10-17)14-3-7-16(8-4-14)21(24)25;1-14-21(27)20(23(29)30-2)19(12-25-14)13-26-22(28)18-9-7-17(8-10-18)16-5-3-15(11-24)4-6-16/h3-11,28H,12H2,1-2H3,(H3,24,25)(H,27,29);3-10,12,27H,13H2,1-2H3,(H,26,28). The fourth-order valence-electron chi connectivity index (χ4n) is 5.96. The summed E-state index contributed by atoms with van der Waals surface area (Å²) in [4.78, 5) is 57.1. The van der Waals surface area contributed by atoms with E-state index in [-0.39, 0.29) is 53.4 Å². The number of nitrogens with one attached hydrogen (secondary N) is 3. The molecule has 6 aromatic rings. The van der Waals surface area contributed by atoms with Crippen LogP contribution in [0.4, 0.5) is 0 Å². The van der Waals surface area contributed by atoms with Gasteiger partial charge in [-0.15, -0.1) is 0 Å². The van der Waals surface area contributed by atoms with E-state index < -0.39 is 11.9 Å². The number of nitriles is 1. The molecule has 308 valence electrons. The van der Waals surface area contributed by atoms with Crippen molar-refractivity contribution in [3.05, 3.63) is 165 Å². The first-order chi connectivity index (χ1) is 29.3. The molecule has 2 amide bonds. The van der Waals surface area contributed by atoms with E-state index in [0.717, 1.165) is 22.3 Å². The number of hydrogen-bond acceptors (Lipinski definition) is 12.